The predicted octanol–water partition coefficient (Wildman–Crippen LogP) is 1.43. The molecule has 2 rings (SSSR count). The molecule has 0 amide bonds. The predicted molar refractivity (Wildman–Crippen MR) is 62.6 cm³/mol. The van der Waals surface area contributed by atoms with Crippen LogP contribution in [-0.4, -0.2) is 37.0 Å². The largest absolute Gasteiger partial charge is 0.481 e. The normalized spacial score (nSPS) is 10.4. The molecule has 17 heavy (non-hydrogen) atoms. The van der Waals surface area contributed by atoms with Gasteiger partial charge in [-0.3, -0.25) is 14.9 Å². The summed E-state index contributed by atoms with van der Waals surface area (Å²) >= 11 is 1.31. The van der Waals surface area contributed by atoms with Crippen LogP contribution < -0.4 is 0 Å². The fourth-order valence-electron chi connectivity index (χ4n) is 1.18. The molecule has 0 aliphatic heterocycles. The Balaban J connectivity index is 1.99. The highest BCUT2D eigenvalue weighted by Gasteiger charge is 2.06. The number of H-pyrrole nitrogens is 1. The summed E-state index contributed by atoms with van der Waals surface area (Å²) in [6.07, 6.45) is 3.45. The topological polar surface area (TPSA) is 91.8 Å². The van der Waals surface area contributed by atoms with Crippen molar-refractivity contribution in [3.63, 3.8) is 0 Å². The van der Waals surface area contributed by atoms with E-state index in [9.17, 15) is 4.79 Å². The van der Waals surface area contributed by atoms with Gasteiger partial charge in [0.15, 0.2) is 5.82 Å². The zero-order valence-electron chi connectivity index (χ0n) is 8.83. The molecule has 2 heterocycles. The van der Waals surface area contributed by atoms with E-state index in [1.807, 2.05) is 12.1 Å². The Labute approximate surface area is 101 Å². The molecule has 7 heteroatoms. The Bertz CT molecular complexity index is 500. The molecule has 0 atom stereocenters. The van der Waals surface area contributed by atoms with Gasteiger partial charge in [0.05, 0.1) is 6.42 Å². The van der Waals surface area contributed by atoms with Gasteiger partial charge in [-0.1, -0.05) is 11.8 Å². The number of pyridine rings is 1. The SMILES string of the molecule is O=C(O)CCSc1n[nH]c(-c2ccncc2)n1. The smallest absolute Gasteiger partial charge is 0.304 e. The van der Waals surface area contributed by atoms with Crippen LogP contribution in [0.4, 0.5) is 0 Å². The van der Waals surface area contributed by atoms with E-state index in [1.54, 1.807) is 12.4 Å². The van der Waals surface area contributed by atoms with Crippen molar-refractivity contribution in [3.05, 3.63) is 24.5 Å². The second kappa shape index (κ2) is 5.44. The Morgan fingerprint density at radius 1 is 1.41 bits per heavy atom. The van der Waals surface area contributed by atoms with Crippen LogP contribution in [0.1, 0.15) is 6.42 Å². The summed E-state index contributed by atoms with van der Waals surface area (Å²) in [5.41, 5.74) is 0.901. The van der Waals surface area contributed by atoms with Crippen molar-refractivity contribution in [3.8, 4) is 11.4 Å². The number of carboxylic acid groups (broad SMARTS) is 1. The summed E-state index contributed by atoms with van der Waals surface area (Å²) in [6.45, 7) is 0. The fourth-order valence-corrected chi connectivity index (χ4v) is 1.90. The molecule has 0 saturated heterocycles. The van der Waals surface area contributed by atoms with Crippen molar-refractivity contribution in [2.45, 2.75) is 11.6 Å². The fraction of sp³-hybridized carbons (Fsp3) is 0.200. The van der Waals surface area contributed by atoms with Gasteiger partial charge in [0.2, 0.25) is 5.16 Å². The van der Waals surface area contributed by atoms with Crippen LogP contribution in [0.25, 0.3) is 11.4 Å². The number of rotatable bonds is 5. The maximum atomic E-state index is 10.3. The van der Waals surface area contributed by atoms with E-state index in [0.717, 1.165) is 5.56 Å². The van der Waals surface area contributed by atoms with Gasteiger partial charge < -0.3 is 5.11 Å². The van der Waals surface area contributed by atoms with Crippen LogP contribution in [-0.2, 0) is 4.79 Å². The maximum Gasteiger partial charge on any atom is 0.304 e. The van der Waals surface area contributed by atoms with Crippen molar-refractivity contribution in [1.29, 1.82) is 0 Å². The van der Waals surface area contributed by atoms with E-state index in [4.69, 9.17) is 5.11 Å². The quantitative estimate of drug-likeness (QED) is 0.780. The Hall–Kier alpha value is -1.89. The molecule has 2 aromatic rings. The van der Waals surface area contributed by atoms with E-state index >= 15 is 0 Å². The van der Waals surface area contributed by atoms with E-state index in [-0.39, 0.29) is 6.42 Å². The number of hydrogen-bond acceptors (Lipinski definition) is 5. The number of aromatic amines is 1. The molecule has 0 aliphatic rings. The number of aliphatic carboxylic acids is 1. The summed E-state index contributed by atoms with van der Waals surface area (Å²) in [5.74, 6) is 0.302. The lowest BCUT2D eigenvalue weighted by Gasteiger charge is -1.93. The van der Waals surface area contributed by atoms with Gasteiger partial charge in [-0.25, -0.2) is 4.98 Å². The molecule has 2 aromatic heterocycles. The van der Waals surface area contributed by atoms with Crippen molar-refractivity contribution < 1.29 is 9.90 Å². The highest BCUT2D eigenvalue weighted by molar-refractivity contribution is 7.99. The maximum absolute atomic E-state index is 10.3. The average Bonchev–Trinajstić information content (AvgIpc) is 2.78. The molecular weight excluding hydrogens is 240 g/mol. The Morgan fingerprint density at radius 3 is 2.88 bits per heavy atom. The van der Waals surface area contributed by atoms with Gasteiger partial charge in [-0.05, 0) is 12.1 Å². The van der Waals surface area contributed by atoms with Gasteiger partial charge in [0, 0.05) is 23.7 Å². The van der Waals surface area contributed by atoms with E-state index in [1.165, 1.54) is 11.8 Å². The number of aromatic nitrogens is 4. The molecule has 0 radical (unpaired) electrons. The first-order valence-electron chi connectivity index (χ1n) is 4.93. The summed E-state index contributed by atoms with van der Waals surface area (Å²) in [4.78, 5) is 18.5. The van der Waals surface area contributed by atoms with Crippen LogP contribution in [0, 0.1) is 0 Å². The van der Waals surface area contributed by atoms with Gasteiger partial charge >= 0.3 is 5.97 Å². The average molecular weight is 250 g/mol. The van der Waals surface area contributed by atoms with E-state index in [2.05, 4.69) is 20.2 Å². The van der Waals surface area contributed by atoms with Crippen LogP contribution in [0.15, 0.2) is 29.7 Å². The first-order valence-corrected chi connectivity index (χ1v) is 5.91. The third-order valence-electron chi connectivity index (χ3n) is 1.97. The number of carboxylic acids is 1. The molecule has 0 bridgehead atoms. The van der Waals surface area contributed by atoms with Crippen LogP contribution in [0.2, 0.25) is 0 Å². The molecule has 0 unspecified atom stereocenters. The highest BCUT2D eigenvalue weighted by atomic mass is 32.2. The Kier molecular flexibility index (Phi) is 3.71. The lowest BCUT2D eigenvalue weighted by Crippen LogP contribution is -1.95. The second-order valence-corrected chi connectivity index (χ2v) is 4.26. The molecule has 2 N–H and O–H groups in total. The number of nitrogens with zero attached hydrogens (tertiary/aromatic N) is 3. The molecule has 0 fully saturated rings. The second-order valence-electron chi connectivity index (χ2n) is 3.19. The third-order valence-corrected chi connectivity index (χ3v) is 2.81. The molecular formula is C10H10N4O2S. The molecule has 0 aliphatic carbocycles. The minimum Gasteiger partial charge on any atom is -0.481 e. The molecule has 0 spiro atoms. The molecule has 88 valence electrons. The zero-order valence-corrected chi connectivity index (χ0v) is 9.65. The highest BCUT2D eigenvalue weighted by Crippen LogP contribution is 2.18. The standard InChI is InChI=1S/C10H10N4O2S/c15-8(16)3-6-17-10-12-9(13-14-10)7-1-4-11-5-2-7/h1-2,4-5H,3,6H2,(H,15,16)(H,12,13,14). The van der Waals surface area contributed by atoms with Crippen LogP contribution in [0.5, 0.6) is 0 Å². The van der Waals surface area contributed by atoms with Gasteiger partial charge in [-0.2, -0.15) is 0 Å². The first kappa shape index (κ1) is 11.6. The van der Waals surface area contributed by atoms with Gasteiger partial charge in [-0.15, -0.1) is 5.10 Å². The summed E-state index contributed by atoms with van der Waals surface area (Å²) < 4.78 is 0. The lowest BCUT2D eigenvalue weighted by molar-refractivity contribution is -0.136. The summed E-state index contributed by atoms with van der Waals surface area (Å²) in [6, 6.07) is 3.65. The summed E-state index contributed by atoms with van der Waals surface area (Å²) in [5, 5.41) is 15.9. The van der Waals surface area contributed by atoms with Crippen LogP contribution >= 0.6 is 11.8 Å². The molecule has 0 saturated carbocycles. The lowest BCUT2D eigenvalue weighted by atomic mass is 10.3. The number of carbonyl (C=O) groups is 1. The number of hydrogen-bond donors (Lipinski definition) is 2. The van der Waals surface area contributed by atoms with Crippen molar-refractivity contribution in [2.24, 2.45) is 0 Å². The minimum absolute atomic E-state index is 0.101. The molecule has 6 nitrogen and oxygen atoms in total. The van der Waals surface area contributed by atoms with Gasteiger partial charge in [0.25, 0.3) is 0 Å². The summed E-state index contributed by atoms with van der Waals surface area (Å²) in [7, 11) is 0. The first-order chi connectivity index (χ1) is 8.25. The zero-order chi connectivity index (χ0) is 12.1. The number of nitrogens with one attached hydrogen (secondary N) is 1. The molecule has 0 aromatic carbocycles. The van der Waals surface area contributed by atoms with Crippen LogP contribution in [0.3, 0.4) is 0 Å². The van der Waals surface area contributed by atoms with E-state index in [0.29, 0.717) is 16.7 Å². The van der Waals surface area contributed by atoms with Crippen molar-refractivity contribution in [2.75, 3.05) is 5.75 Å². The van der Waals surface area contributed by atoms with Crippen molar-refractivity contribution >= 4 is 17.7 Å². The van der Waals surface area contributed by atoms with E-state index < -0.39 is 5.97 Å². The monoisotopic (exact) mass is 250 g/mol. The Morgan fingerprint density at radius 2 is 2.18 bits per heavy atom. The third kappa shape index (κ3) is 3.28. The van der Waals surface area contributed by atoms with Crippen molar-refractivity contribution in [1.82, 2.24) is 20.2 Å². The van der Waals surface area contributed by atoms with Gasteiger partial charge in [0.1, 0.15) is 0 Å². The minimum atomic E-state index is -0.817. The number of thioether (sulfide) groups is 1.